The van der Waals surface area contributed by atoms with Crippen molar-refractivity contribution in [2.45, 2.75) is 91.8 Å². The van der Waals surface area contributed by atoms with Crippen molar-refractivity contribution < 1.29 is 9.90 Å². The van der Waals surface area contributed by atoms with Crippen LogP contribution in [0.2, 0.25) is 0 Å². The summed E-state index contributed by atoms with van der Waals surface area (Å²) < 4.78 is 0. The van der Waals surface area contributed by atoms with Crippen LogP contribution in [0.1, 0.15) is 91.2 Å². The minimum atomic E-state index is -1.13. The monoisotopic (exact) mass is 477 g/mol. The van der Waals surface area contributed by atoms with Crippen LogP contribution in [0, 0.1) is 32.6 Å². The molecule has 0 atom stereocenters. The first-order valence-corrected chi connectivity index (χ1v) is 12.6. The van der Waals surface area contributed by atoms with Crippen LogP contribution in [0.3, 0.4) is 0 Å². The van der Waals surface area contributed by atoms with Gasteiger partial charge >= 0.3 is 0 Å². The van der Waals surface area contributed by atoms with Gasteiger partial charge in [0.1, 0.15) is 5.60 Å². The summed E-state index contributed by atoms with van der Waals surface area (Å²) in [5.41, 5.74) is 4.03. The third kappa shape index (κ3) is 6.76. The molecule has 1 fully saturated rings. The molecular weight excluding hydrogens is 438 g/mol. The molecule has 0 saturated heterocycles. The molecule has 1 aliphatic carbocycles. The van der Waals surface area contributed by atoms with Crippen LogP contribution in [0.25, 0.3) is 0 Å². The van der Waals surface area contributed by atoms with Crippen molar-refractivity contribution in [3.63, 3.8) is 0 Å². The maximum atomic E-state index is 13.4. The molecule has 0 spiro atoms. The van der Waals surface area contributed by atoms with Gasteiger partial charge in [-0.15, -0.1) is 0 Å². The lowest BCUT2D eigenvalue weighted by Gasteiger charge is -2.37. The predicted octanol–water partition coefficient (Wildman–Crippen LogP) is 4.51. The predicted molar refractivity (Wildman–Crippen MR) is 142 cm³/mol. The summed E-state index contributed by atoms with van der Waals surface area (Å²) in [6, 6.07) is 6.17. The molecule has 1 aliphatic rings. The van der Waals surface area contributed by atoms with Crippen LogP contribution in [0.5, 0.6) is 0 Å². The average Bonchev–Trinajstić information content (AvgIpc) is 2.79. The van der Waals surface area contributed by atoms with Crippen LogP contribution in [0.15, 0.2) is 23.0 Å². The SMILES string of the molecule is CCN(c1cc(C#CC(C)(C)O)cc(C(=O)NCc2c(C)cc(C)[nH]c2=O)c1C)C1CCCCC1. The lowest BCUT2D eigenvalue weighted by atomic mass is 9.92. The van der Waals surface area contributed by atoms with Gasteiger partial charge in [0.05, 0.1) is 0 Å². The molecule has 0 radical (unpaired) electrons. The Kier molecular flexibility index (Phi) is 8.45. The number of nitrogens with zero attached hydrogens (tertiary/aromatic N) is 1. The Morgan fingerprint density at radius 3 is 2.46 bits per heavy atom. The summed E-state index contributed by atoms with van der Waals surface area (Å²) in [7, 11) is 0. The molecule has 35 heavy (non-hydrogen) atoms. The quantitative estimate of drug-likeness (QED) is 0.535. The van der Waals surface area contributed by atoms with Crippen LogP contribution >= 0.6 is 0 Å². The number of aryl methyl sites for hydroxylation is 2. The molecule has 1 aromatic heterocycles. The van der Waals surface area contributed by atoms with E-state index in [9.17, 15) is 14.7 Å². The average molecular weight is 478 g/mol. The van der Waals surface area contributed by atoms with E-state index in [0.717, 1.165) is 41.9 Å². The molecular formula is C29H39N3O3. The largest absolute Gasteiger partial charge is 0.378 e. The molecule has 3 N–H and O–H groups in total. The highest BCUT2D eigenvalue weighted by molar-refractivity contribution is 5.97. The number of hydrogen-bond donors (Lipinski definition) is 3. The Labute approximate surface area is 209 Å². The number of pyridine rings is 1. The number of anilines is 1. The van der Waals surface area contributed by atoms with Crippen LogP contribution < -0.4 is 15.8 Å². The molecule has 0 bridgehead atoms. The lowest BCUT2D eigenvalue weighted by Crippen LogP contribution is -2.37. The van der Waals surface area contributed by atoms with Crippen LogP contribution in [0.4, 0.5) is 5.69 Å². The first-order valence-electron chi connectivity index (χ1n) is 12.6. The first kappa shape index (κ1) is 26.6. The Balaban J connectivity index is 2.00. The number of amides is 1. The Hall–Kier alpha value is -3.04. The van der Waals surface area contributed by atoms with Crippen molar-refractivity contribution >= 4 is 11.6 Å². The Morgan fingerprint density at radius 1 is 1.17 bits per heavy atom. The van der Waals surface area contributed by atoms with Gasteiger partial charge in [-0.3, -0.25) is 9.59 Å². The van der Waals surface area contributed by atoms with Crippen molar-refractivity contribution in [3.8, 4) is 11.8 Å². The topological polar surface area (TPSA) is 85.4 Å². The summed E-state index contributed by atoms with van der Waals surface area (Å²) in [5, 5.41) is 13.1. The summed E-state index contributed by atoms with van der Waals surface area (Å²) in [4.78, 5) is 31.0. The van der Waals surface area contributed by atoms with Crippen molar-refractivity contribution in [2.24, 2.45) is 0 Å². The molecule has 6 heteroatoms. The van der Waals surface area contributed by atoms with E-state index in [1.807, 2.05) is 32.9 Å². The highest BCUT2D eigenvalue weighted by Crippen LogP contribution is 2.32. The van der Waals surface area contributed by atoms with Gasteiger partial charge < -0.3 is 20.3 Å². The zero-order chi connectivity index (χ0) is 25.8. The van der Waals surface area contributed by atoms with E-state index in [-0.39, 0.29) is 18.0 Å². The van der Waals surface area contributed by atoms with E-state index in [0.29, 0.717) is 22.7 Å². The van der Waals surface area contributed by atoms with E-state index in [4.69, 9.17) is 0 Å². The molecule has 1 saturated carbocycles. The van der Waals surface area contributed by atoms with E-state index >= 15 is 0 Å². The lowest BCUT2D eigenvalue weighted by molar-refractivity contribution is 0.0950. The van der Waals surface area contributed by atoms with Gasteiger partial charge in [-0.05, 0) is 83.7 Å². The normalized spacial score (nSPS) is 14.3. The minimum Gasteiger partial charge on any atom is -0.378 e. The van der Waals surface area contributed by atoms with Crippen LogP contribution in [-0.4, -0.2) is 34.2 Å². The van der Waals surface area contributed by atoms with E-state index in [2.05, 4.69) is 34.0 Å². The smallest absolute Gasteiger partial charge is 0.253 e. The highest BCUT2D eigenvalue weighted by Gasteiger charge is 2.24. The number of hydrogen-bond acceptors (Lipinski definition) is 4. The van der Waals surface area contributed by atoms with Crippen molar-refractivity contribution in [3.05, 3.63) is 62.1 Å². The molecule has 3 rings (SSSR count). The summed E-state index contributed by atoms with van der Waals surface area (Å²) >= 11 is 0. The summed E-state index contributed by atoms with van der Waals surface area (Å²) in [6.45, 7) is 12.1. The summed E-state index contributed by atoms with van der Waals surface area (Å²) in [5.74, 6) is 5.70. The first-order chi connectivity index (χ1) is 16.5. The van der Waals surface area contributed by atoms with E-state index in [1.165, 1.54) is 19.3 Å². The van der Waals surface area contributed by atoms with Gasteiger partial charge in [-0.2, -0.15) is 0 Å². The molecule has 1 amide bonds. The van der Waals surface area contributed by atoms with Gasteiger partial charge in [0.25, 0.3) is 11.5 Å². The molecule has 1 heterocycles. The van der Waals surface area contributed by atoms with Crippen LogP contribution in [-0.2, 0) is 6.54 Å². The van der Waals surface area contributed by atoms with Gasteiger partial charge in [0.2, 0.25) is 0 Å². The standard InChI is InChI=1S/C29H39N3O3/c1-7-32(23-11-9-8-10-12-23)26-17-22(13-14-29(5,6)35)16-24(21(26)4)27(33)30-18-25-19(2)15-20(3)31-28(25)34/h15-17,23,35H,7-12,18H2,1-6H3,(H,30,33)(H,31,34). The maximum Gasteiger partial charge on any atom is 0.253 e. The second-order valence-corrected chi connectivity index (χ2v) is 10.2. The number of benzene rings is 1. The van der Waals surface area contributed by atoms with Gasteiger partial charge in [-0.1, -0.05) is 31.1 Å². The second-order valence-electron chi connectivity index (χ2n) is 10.2. The van der Waals surface area contributed by atoms with Gasteiger partial charge in [0, 0.05) is 47.2 Å². The Bertz CT molecular complexity index is 1190. The van der Waals surface area contributed by atoms with E-state index < -0.39 is 5.60 Å². The fourth-order valence-electron chi connectivity index (χ4n) is 4.91. The number of aliphatic hydroxyl groups is 1. The molecule has 1 aromatic carbocycles. The van der Waals surface area contributed by atoms with E-state index in [1.54, 1.807) is 19.9 Å². The van der Waals surface area contributed by atoms with Gasteiger partial charge in [-0.25, -0.2) is 0 Å². The molecule has 0 aliphatic heterocycles. The number of carbonyl (C=O) groups is 1. The number of carbonyl (C=O) groups excluding carboxylic acids is 1. The Morgan fingerprint density at radius 2 is 1.86 bits per heavy atom. The maximum absolute atomic E-state index is 13.4. The zero-order valence-electron chi connectivity index (χ0n) is 22.0. The van der Waals surface area contributed by atoms with Crippen molar-refractivity contribution in [1.82, 2.24) is 10.3 Å². The fraction of sp³-hybridized carbons (Fsp3) is 0.517. The summed E-state index contributed by atoms with van der Waals surface area (Å²) in [6.07, 6.45) is 6.00. The minimum absolute atomic E-state index is 0.148. The molecule has 2 aromatic rings. The number of rotatable bonds is 6. The molecule has 188 valence electrons. The third-order valence-corrected chi connectivity index (χ3v) is 6.72. The van der Waals surface area contributed by atoms with Gasteiger partial charge in [0.15, 0.2) is 0 Å². The number of aromatic nitrogens is 1. The third-order valence-electron chi connectivity index (χ3n) is 6.72. The molecule has 0 unspecified atom stereocenters. The van der Waals surface area contributed by atoms with Crippen molar-refractivity contribution in [1.29, 1.82) is 0 Å². The highest BCUT2D eigenvalue weighted by atomic mass is 16.3. The second kappa shape index (κ2) is 11.1. The number of H-pyrrole nitrogens is 1. The number of nitrogens with one attached hydrogen (secondary N) is 2. The molecule has 6 nitrogen and oxygen atoms in total. The zero-order valence-corrected chi connectivity index (χ0v) is 22.0. The van der Waals surface area contributed by atoms with Crippen molar-refractivity contribution in [2.75, 3.05) is 11.4 Å². The number of aromatic amines is 1. The fourth-order valence-corrected chi connectivity index (χ4v) is 4.91.